The number of nitrogens with two attached hydrogens (primary N) is 1. The van der Waals surface area contributed by atoms with Gasteiger partial charge in [-0.1, -0.05) is 17.7 Å². The van der Waals surface area contributed by atoms with Gasteiger partial charge in [0.1, 0.15) is 0 Å². The molecule has 0 aromatic heterocycles. The molecule has 0 radical (unpaired) electrons. The predicted molar refractivity (Wildman–Crippen MR) is 68.5 cm³/mol. The highest BCUT2D eigenvalue weighted by molar-refractivity contribution is 6.33. The Morgan fingerprint density at radius 3 is 2.75 bits per heavy atom. The van der Waals surface area contributed by atoms with Crippen molar-refractivity contribution in [3.05, 3.63) is 28.8 Å². The molecule has 0 spiro atoms. The highest BCUT2D eigenvalue weighted by Gasteiger charge is 2.04. The summed E-state index contributed by atoms with van der Waals surface area (Å²) in [4.78, 5) is 2.15. The van der Waals surface area contributed by atoms with Crippen LogP contribution in [0.2, 0.25) is 5.02 Å². The summed E-state index contributed by atoms with van der Waals surface area (Å²) in [6, 6.07) is 5.67. The van der Waals surface area contributed by atoms with Gasteiger partial charge in [-0.3, -0.25) is 0 Å². The Morgan fingerprint density at radius 1 is 1.50 bits per heavy atom. The standard InChI is InChI=1S/C12H19ClN2O/c1-9(16)5-6-15(2)8-10-3-4-11(13)12(14)7-10/h3-4,7,9,16H,5-6,8,14H2,1-2H3. The summed E-state index contributed by atoms with van der Waals surface area (Å²) in [6.45, 7) is 3.47. The SMILES string of the molecule is CC(O)CCN(C)Cc1ccc(Cl)c(N)c1. The van der Waals surface area contributed by atoms with Crippen LogP contribution in [-0.4, -0.2) is 29.7 Å². The predicted octanol–water partition coefficient (Wildman–Crippen LogP) is 2.12. The summed E-state index contributed by atoms with van der Waals surface area (Å²) in [5, 5.41) is 9.78. The van der Waals surface area contributed by atoms with E-state index in [1.807, 2.05) is 25.2 Å². The molecule has 1 rings (SSSR count). The van der Waals surface area contributed by atoms with Crippen LogP contribution in [0.25, 0.3) is 0 Å². The van der Waals surface area contributed by atoms with E-state index in [0.717, 1.165) is 25.1 Å². The zero-order valence-electron chi connectivity index (χ0n) is 9.78. The molecule has 0 saturated carbocycles. The maximum absolute atomic E-state index is 9.18. The Bertz CT molecular complexity index is 342. The van der Waals surface area contributed by atoms with Crippen molar-refractivity contribution in [2.45, 2.75) is 26.0 Å². The Balaban J connectivity index is 2.49. The monoisotopic (exact) mass is 242 g/mol. The normalized spacial score (nSPS) is 13.1. The first kappa shape index (κ1) is 13.3. The number of hydrogen-bond donors (Lipinski definition) is 2. The minimum atomic E-state index is -0.252. The number of hydrogen-bond acceptors (Lipinski definition) is 3. The Hall–Kier alpha value is -0.770. The van der Waals surface area contributed by atoms with Crippen LogP contribution in [0.1, 0.15) is 18.9 Å². The lowest BCUT2D eigenvalue weighted by molar-refractivity contribution is 0.163. The molecule has 16 heavy (non-hydrogen) atoms. The second-order valence-corrected chi connectivity index (χ2v) is 4.64. The van der Waals surface area contributed by atoms with Gasteiger partial charge in [0.05, 0.1) is 16.8 Å². The average Bonchev–Trinajstić information content (AvgIpc) is 2.21. The van der Waals surface area contributed by atoms with Crippen LogP contribution in [0.15, 0.2) is 18.2 Å². The molecule has 1 unspecified atom stereocenters. The quantitative estimate of drug-likeness (QED) is 0.778. The summed E-state index contributed by atoms with van der Waals surface area (Å²) < 4.78 is 0. The molecule has 1 aromatic rings. The maximum Gasteiger partial charge on any atom is 0.0635 e. The van der Waals surface area contributed by atoms with Crippen molar-refractivity contribution in [2.24, 2.45) is 0 Å². The van der Waals surface area contributed by atoms with Crippen LogP contribution >= 0.6 is 11.6 Å². The van der Waals surface area contributed by atoms with Crippen molar-refractivity contribution in [1.82, 2.24) is 4.90 Å². The third-order valence-electron chi connectivity index (χ3n) is 2.44. The fourth-order valence-corrected chi connectivity index (χ4v) is 1.61. The number of halogens is 1. The van der Waals surface area contributed by atoms with Crippen LogP contribution in [0, 0.1) is 0 Å². The number of aliphatic hydroxyl groups excluding tert-OH is 1. The van der Waals surface area contributed by atoms with Crippen molar-refractivity contribution in [1.29, 1.82) is 0 Å². The smallest absolute Gasteiger partial charge is 0.0635 e. The van der Waals surface area contributed by atoms with Crippen molar-refractivity contribution in [3.63, 3.8) is 0 Å². The first-order valence-electron chi connectivity index (χ1n) is 5.39. The molecular weight excluding hydrogens is 224 g/mol. The number of nitrogens with zero attached hydrogens (tertiary/aromatic N) is 1. The maximum atomic E-state index is 9.18. The number of rotatable bonds is 5. The molecular formula is C12H19ClN2O. The Morgan fingerprint density at radius 2 is 2.19 bits per heavy atom. The van der Waals surface area contributed by atoms with E-state index >= 15 is 0 Å². The topological polar surface area (TPSA) is 49.5 Å². The van der Waals surface area contributed by atoms with Gasteiger partial charge in [-0.15, -0.1) is 0 Å². The second-order valence-electron chi connectivity index (χ2n) is 4.23. The molecule has 90 valence electrons. The molecule has 1 atom stereocenters. The van der Waals surface area contributed by atoms with Gasteiger partial charge in [-0.2, -0.15) is 0 Å². The van der Waals surface area contributed by atoms with E-state index in [1.54, 1.807) is 6.92 Å². The highest BCUT2D eigenvalue weighted by atomic mass is 35.5. The highest BCUT2D eigenvalue weighted by Crippen LogP contribution is 2.20. The summed E-state index contributed by atoms with van der Waals surface area (Å²) in [5.41, 5.74) is 7.48. The first-order chi connectivity index (χ1) is 7.49. The van der Waals surface area contributed by atoms with Gasteiger partial charge in [0.15, 0.2) is 0 Å². The van der Waals surface area contributed by atoms with E-state index in [2.05, 4.69) is 4.90 Å². The van der Waals surface area contributed by atoms with Crippen LogP contribution < -0.4 is 5.73 Å². The number of anilines is 1. The van der Waals surface area contributed by atoms with Crippen LogP contribution in [0.3, 0.4) is 0 Å². The van der Waals surface area contributed by atoms with Gasteiger partial charge in [0.25, 0.3) is 0 Å². The average molecular weight is 243 g/mol. The lowest BCUT2D eigenvalue weighted by atomic mass is 10.2. The van der Waals surface area contributed by atoms with E-state index in [0.29, 0.717) is 10.7 Å². The summed E-state index contributed by atoms with van der Waals surface area (Å²) in [7, 11) is 2.02. The first-order valence-corrected chi connectivity index (χ1v) is 5.77. The molecule has 0 saturated heterocycles. The van der Waals surface area contributed by atoms with Gasteiger partial charge >= 0.3 is 0 Å². The molecule has 0 aliphatic carbocycles. The van der Waals surface area contributed by atoms with Crippen molar-refractivity contribution in [3.8, 4) is 0 Å². The van der Waals surface area contributed by atoms with E-state index in [1.165, 1.54) is 0 Å². The number of benzene rings is 1. The second kappa shape index (κ2) is 6.09. The van der Waals surface area contributed by atoms with E-state index in [9.17, 15) is 5.11 Å². The molecule has 0 fully saturated rings. The summed E-state index contributed by atoms with van der Waals surface area (Å²) in [6.07, 6.45) is 0.525. The Kier molecular flexibility index (Phi) is 5.06. The number of aliphatic hydroxyl groups is 1. The van der Waals surface area contributed by atoms with Gasteiger partial charge in [0.2, 0.25) is 0 Å². The molecule has 1 aromatic carbocycles. The van der Waals surface area contributed by atoms with Gasteiger partial charge in [0, 0.05) is 13.1 Å². The van der Waals surface area contributed by atoms with Crippen LogP contribution in [0.5, 0.6) is 0 Å². The molecule has 3 nitrogen and oxygen atoms in total. The van der Waals surface area contributed by atoms with E-state index < -0.39 is 0 Å². The third-order valence-corrected chi connectivity index (χ3v) is 2.79. The zero-order valence-corrected chi connectivity index (χ0v) is 10.5. The zero-order chi connectivity index (χ0) is 12.1. The molecule has 4 heteroatoms. The minimum Gasteiger partial charge on any atom is -0.398 e. The van der Waals surface area contributed by atoms with Crippen molar-refractivity contribution >= 4 is 17.3 Å². The molecule has 3 N–H and O–H groups in total. The number of nitrogen functional groups attached to an aromatic ring is 1. The summed E-state index contributed by atoms with van der Waals surface area (Å²) >= 11 is 5.85. The summed E-state index contributed by atoms with van der Waals surface area (Å²) in [5.74, 6) is 0. The van der Waals surface area contributed by atoms with Crippen molar-refractivity contribution in [2.75, 3.05) is 19.3 Å². The van der Waals surface area contributed by atoms with E-state index in [4.69, 9.17) is 17.3 Å². The minimum absolute atomic E-state index is 0.252. The largest absolute Gasteiger partial charge is 0.398 e. The Labute approximate surface area is 102 Å². The fraction of sp³-hybridized carbons (Fsp3) is 0.500. The van der Waals surface area contributed by atoms with E-state index in [-0.39, 0.29) is 6.10 Å². The molecule has 0 aliphatic heterocycles. The van der Waals surface area contributed by atoms with Gasteiger partial charge in [-0.25, -0.2) is 0 Å². The molecule has 0 amide bonds. The van der Waals surface area contributed by atoms with Gasteiger partial charge in [-0.05, 0) is 38.1 Å². The van der Waals surface area contributed by atoms with Gasteiger partial charge < -0.3 is 15.7 Å². The van der Waals surface area contributed by atoms with Crippen LogP contribution in [-0.2, 0) is 6.54 Å². The third kappa shape index (κ3) is 4.39. The fourth-order valence-electron chi connectivity index (χ4n) is 1.49. The lowest BCUT2D eigenvalue weighted by Crippen LogP contribution is -2.22. The molecule has 0 aliphatic rings. The van der Waals surface area contributed by atoms with Crippen molar-refractivity contribution < 1.29 is 5.11 Å². The lowest BCUT2D eigenvalue weighted by Gasteiger charge is -2.17. The molecule has 0 bridgehead atoms. The molecule has 0 heterocycles. The van der Waals surface area contributed by atoms with Crippen LogP contribution in [0.4, 0.5) is 5.69 Å².